The van der Waals surface area contributed by atoms with Crippen molar-refractivity contribution >= 4 is 16.8 Å². The van der Waals surface area contributed by atoms with Crippen molar-refractivity contribution in [2.75, 3.05) is 6.61 Å². The number of alkyl halides is 3. The summed E-state index contributed by atoms with van der Waals surface area (Å²) in [5.41, 5.74) is 2.75. The highest BCUT2D eigenvalue weighted by atomic mass is 19.4. The van der Waals surface area contributed by atoms with Crippen LogP contribution in [-0.2, 0) is 4.79 Å². The zero-order valence-corrected chi connectivity index (χ0v) is 15.7. The van der Waals surface area contributed by atoms with Crippen LogP contribution in [0.1, 0.15) is 36.6 Å². The third-order valence-electron chi connectivity index (χ3n) is 5.10. The van der Waals surface area contributed by atoms with Gasteiger partial charge in [-0.05, 0) is 54.5 Å². The molecule has 1 amide bonds. The average Bonchev–Trinajstić information content (AvgIpc) is 3.36. The van der Waals surface area contributed by atoms with Crippen molar-refractivity contribution in [3.63, 3.8) is 0 Å². The molecule has 1 aromatic carbocycles. The third-order valence-corrected chi connectivity index (χ3v) is 5.10. The summed E-state index contributed by atoms with van der Waals surface area (Å²) in [4.78, 5) is 19.9. The highest BCUT2D eigenvalue weighted by Gasteiger charge is 2.44. The Morgan fingerprint density at radius 3 is 2.86 bits per heavy atom. The fourth-order valence-electron chi connectivity index (χ4n) is 3.44. The molecular weight excluding hydrogens is 383 g/mol. The SMILES string of the molecule is C[C@@H](NC(=O)[C@H]1C[C@@H]1c1ccc2cc[nH]c2c1)c1ccc(OCC(F)(F)F)cn1. The fourth-order valence-corrected chi connectivity index (χ4v) is 3.44. The summed E-state index contributed by atoms with van der Waals surface area (Å²) in [5.74, 6) is 0.0973. The number of aromatic nitrogens is 2. The van der Waals surface area contributed by atoms with Gasteiger partial charge in [-0.1, -0.05) is 12.1 Å². The Hall–Kier alpha value is -3.03. The van der Waals surface area contributed by atoms with E-state index in [-0.39, 0.29) is 29.5 Å². The monoisotopic (exact) mass is 403 g/mol. The zero-order chi connectivity index (χ0) is 20.6. The van der Waals surface area contributed by atoms with Crippen LogP contribution in [0, 0.1) is 5.92 Å². The molecule has 1 aliphatic carbocycles. The van der Waals surface area contributed by atoms with Gasteiger partial charge in [0.2, 0.25) is 5.91 Å². The van der Waals surface area contributed by atoms with E-state index in [1.165, 1.54) is 12.3 Å². The van der Waals surface area contributed by atoms with E-state index < -0.39 is 12.8 Å². The minimum absolute atomic E-state index is 0.0339. The first-order chi connectivity index (χ1) is 13.8. The summed E-state index contributed by atoms with van der Waals surface area (Å²) in [6.45, 7) is 0.427. The Labute approximate surface area is 165 Å². The number of rotatable bonds is 6. The molecule has 1 saturated carbocycles. The Balaban J connectivity index is 1.32. The number of nitrogens with one attached hydrogen (secondary N) is 2. The molecule has 0 aliphatic heterocycles. The lowest BCUT2D eigenvalue weighted by atomic mass is 10.1. The van der Waals surface area contributed by atoms with Crippen molar-refractivity contribution in [1.82, 2.24) is 15.3 Å². The van der Waals surface area contributed by atoms with Gasteiger partial charge in [0.05, 0.1) is 17.9 Å². The van der Waals surface area contributed by atoms with Gasteiger partial charge in [0.15, 0.2) is 6.61 Å². The number of benzene rings is 1. The lowest BCUT2D eigenvalue weighted by molar-refractivity contribution is -0.153. The number of pyridine rings is 1. The van der Waals surface area contributed by atoms with Gasteiger partial charge in [0, 0.05) is 17.6 Å². The summed E-state index contributed by atoms with van der Waals surface area (Å²) in [6, 6.07) is 10.8. The normalized spacial score (nSPS) is 19.7. The lowest BCUT2D eigenvalue weighted by Gasteiger charge is -2.14. The fraction of sp³-hybridized carbons (Fsp3) is 0.333. The molecule has 1 aliphatic rings. The van der Waals surface area contributed by atoms with E-state index >= 15 is 0 Å². The van der Waals surface area contributed by atoms with E-state index in [1.807, 2.05) is 18.3 Å². The first-order valence-electron chi connectivity index (χ1n) is 9.33. The highest BCUT2D eigenvalue weighted by molar-refractivity contribution is 5.84. The molecule has 1 fully saturated rings. The number of hydrogen-bond donors (Lipinski definition) is 2. The van der Waals surface area contributed by atoms with E-state index in [9.17, 15) is 18.0 Å². The number of carbonyl (C=O) groups excluding carboxylic acids is 1. The minimum atomic E-state index is -4.40. The Bertz CT molecular complexity index is 1010. The number of H-pyrrole nitrogens is 1. The van der Waals surface area contributed by atoms with Crippen LogP contribution in [0.4, 0.5) is 13.2 Å². The van der Waals surface area contributed by atoms with E-state index in [4.69, 9.17) is 0 Å². The topological polar surface area (TPSA) is 67.0 Å². The molecule has 2 N–H and O–H groups in total. The molecule has 2 aromatic heterocycles. The van der Waals surface area contributed by atoms with Crippen molar-refractivity contribution in [2.24, 2.45) is 5.92 Å². The minimum Gasteiger partial charge on any atom is -0.483 e. The lowest BCUT2D eigenvalue weighted by Crippen LogP contribution is -2.29. The van der Waals surface area contributed by atoms with Gasteiger partial charge >= 0.3 is 6.18 Å². The smallest absolute Gasteiger partial charge is 0.422 e. The number of nitrogens with zero attached hydrogens (tertiary/aromatic N) is 1. The first kappa shape index (κ1) is 19.3. The molecule has 4 rings (SSSR count). The molecule has 29 heavy (non-hydrogen) atoms. The second-order valence-corrected chi connectivity index (χ2v) is 7.33. The maximum absolute atomic E-state index is 12.6. The van der Waals surface area contributed by atoms with Crippen molar-refractivity contribution in [3.8, 4) is 5.75 Å². The predicted molar refractivity (Wildman–Crippen MR) is 101 cm³/mol. The van der Waals surface area contributed by atoms with Crippen LogP contribution < -0.4 is 10.1 Å². The van der Waals surface area contributed by atoms with Gasteiger partial charge in [-0.3, -0.25) is 9.78 Å². The predicted octanol–water partition coefficient (Wildman–Crippen LogP) is 4.48. The number of halogens is 3. The molecule has 3 aromatic rings. The molecular formula is C21H20F3N3O2. The Morgan fingerprint density at radius 1 is 1.31 bits per heavy atom. The van der Waals surface area contributed by atoms with Crippen LogP contribution >= 0.6 is 0 Å². The third kappa shape index (κ3) is 4.52. The Morgan fingerprint density at radius 2 is 2.14 bits per heavy atom. The van der Waals surface area contributed by atoms with Crippen molar-refractivity contribution < 1.29 is 22.7 Å². The van der Waals surface area contributed by atoms with E-state index in [1.54, 1.807) is 13.0 Å². The molecule has 0 radical (unpaired) electrons. The van der Waals surface area contributed by atoms with Crippen LogP contribution in [-0.4, -0.2) is 28.7 Å². The van der Waals surface area contributed by atoms with Crippen LogP contribution in [0.5, 0.6) is 5.75 Å². The summed E-state index contributed by atoms with van der Waals surface area (Å²) in [7, 11) is 0. The van der Waals surface area contributed by atoms with Gasteiger partial charge < -0.3 is 15.0 Å². The average molecular weight is 403 g/mol. The van der Waals surface area contributed by atoms with Gasteiger partial charge in [-0.2, -0.15) is 13.2 Å². The van der Waals surface area contributed by atoms with E-state index in [2.05, 4.69) is 32.2 Å². The van der Waals surface area contributed by atoms with Crippen LogP contribution in [0.25, 0.3) is 10.9 Å². The molecule has 0 saturated heterocycles. The molecule has 0 spiro atoms. The summed E-state index contributed by atoms with van der Waals surface area (Å²) in [6.07, 6.45) is -0.483. The maximum atomic E-state index is 12.6. The van der Waals surface area contributed by atoms with E-state index in [0.717, 1.165) is 22.9 Å². The van der Waals surface area contributed by atoms with Crippen molar-refractivity contribution in [2.45, 2.75) is 31.5 Å². The Kier molecular flexibility index (Phi) is 4.94. The highest BCUT2D eigenvalue weighted by Crippen LogP contribution is 2.48. The second-order valence-electron chi connectivity index (χ2n) is 7.33. The molecule has 0 bridgehead atoms. The van der Waals surface area contributed by atoms with Crippen LogP contribution in [0.15, 0.2) is 48.8 Å². The van der Waals surface area contributed by atoms with Gasteiger partial charge in [0.1, 0.15) is 5.75 Å². The number of aromatic amines is 1. The molecule has 2 heterocycles. The summed E-state index contributed by atoms with van der Waals surface area (Å²) in [5, 5.41) is 4.07. The van der Waals surface area contributed by atoms with Crippen LogP contribution in [0.3, 0.4) is 0 Å². The number of ether oxygens (including phenoxy) is 1. The number of fused-ring (bicyclic) bond motifs is 1. The summed E-state index contributed by atoms with van der Waals surface area (Å²) >= 11 is 0. The molecule has 3 atom stereocenters. The van der Waals surface area contributed by atoms with Gasteiger partial charge in [0.25, 0.3) is 0 Å². The van der Waals surface area contributed by atoms with Crippen LogP contribution in [0.2, 0.25) is 0 Å². The largest absolute Gasteiger partial charge is 0.483 e. The van der Waals surface area contributed by atoms with E-state index in [0.29, 0.717) is 5.69 Å². The number of amides is 1. The first-order valence-corrected chi connectivity index (χ1v) is 9.33. The molecule has 5 nitrogen and oxygen atoms in total. The second kappa shape index (κ2) is 7.42. The number of hydrogen-bond acceptors (Lipinski definition) is 3. The standard InChI is InChI=1S/C21H20F3N3O2/c1-12(18-5-4-15(10-26-18)29-11-21(22,23)24)27-20(28)17-9-16(17)14-3-2-13-6-7-25-19(13)8-14/h2-8,10,12,16-17,25H,9,11H2,1H3,(H,27,28)/t12-,16-,17+/m1/s1. The van der Waals surface area contributed by atoms with Gasteiger partial charge in [-0.15, -0.1) is 0 Å². The number of carbonyl (C=O) groups is 1. The molecule has 152 valence electrons. The maximum Gasteiger partial charge on any atom is 0.422 e. The zero-order valence-electron chi connectivity index (χ0n) is 15.7. The quantitative estimate of drug-likeness (QED) is 0.638. The van der Waals surface area contributed by atoms with Crippen molar-refractivity contribution in [1.29, 1.82) is 0 Å². The van der Waals surface area contributed by atoms with Crippen molar-refractivity contribution in [3.05, 3.63) is 60.0 Å². The van der Waals surface area contributed by atoms with Gasteiger partial charge in [-0.25, -0.2) is 0 Å². The molecule has 8 heteroatoms. The molecule has 0 unspecified atom stereocenters. The summed E-state index contributed by atoms with van der Waals surface area (Å²) < 4.78 is 41.2.